The highest BCUT2D eigenvalue weighted by molar-refractivity contribution is 5.88. The van der Waals surface area contributed by atoms with Crippen molar-refractivity contribution in [1.29, 1.82) is 0 Å². The van der Waals surface area contributed by atoms with Gasteiger partial charge in [0.25, 0.3) is 5.96 Å². The summed E-state index contributed by atoms with van der Waals surface area (Å²) in [6.07, 6.45) is 1.90. The van der Waals surface area contributed by atoms with E-state index in [0.29, 0.717) is 25.3 Å². The van der Waals surface area contributed by atoms with Crippen LogP contribution in [0.3, 0.4) is 0 Å². The van der Waals surface area contributed by atoms with Crippen molar-refractivity contribution in [2.45, 2.75) is 51.6 Å². The minimum Gasteiger partial charge on any atom is -0.667 e. The Kier molecular flexibility index (Phi) is 8.76. The number of aliphatic imine (C=N–C) groups is 1. The van der Waals surface area contributed by atoms with Crippen LogP contribution < -0.4 is 11.2 Å². The zero-order valence-corrected chi connectivity index (χ0v) is 15.1. The summed E-state index contributed by atoms with van der Waals surface area (Å²) < 4.78 is 5.06. The van der Waals surface area contributed by atoms with Crippen LogP contribution in [-0.4, -0.2) is 59.5 Å². The van der Waals surface area contributed by atoms with E-state index >= 15 is 0 Å². The summed E-state index contributed by atoms with van der Waals surface area (Å²) in [6.45, 7) is 4.56. The second-order valence-corrected chi connectivity index (χ2v) is 6.26. The van der Waals surface area contributed by atoms with Crippen LogP contribution in [0, 0.1) is 16.0 Å². The number of likely N-dealkylation sites (tertiary alicyclic amines) is 1. The molecule has 1 saturated heterocycles. The van der Waals surface area contributed by atoms with Gasteiger partial charge in [-0.15, -0.1) is 0 Å². The van der Waals surface area contributed by atoms with Gasteiger partial charge >= 0.3 is 5.97 Å². The molecule has 0 spiro atoms. The normalized spacial score (nSPS) is 21.8. The summed E-state index contributed by atoms with van der Waals surface area (Å²) in [5.74, 6) is -0.850. The number of carbonyl (C=O) groups excluding carboxylic acids is 2. The molecule has 0 saturated carbocycles. The van der Waals surface area contributed by atoms with Gasteiger partial charge in [0.1, 0.15) is 6.04 Å². The second-order valence-electron chi connectivity index (χ2n) is 6.26. The topological polar surface area (TPSA) is 164 Å². The highest BCUT2D eigenvalue weighted by Gasteiger charge is 2.35. The number of hydrogen-bond donors (Lipinski definition) is 2. The quantitative estimate of drug-likeness (QED) is 0.156. The maximum Gasteiger partial charge on any atom is 0.328 e. The average molecular weight is 371 g/mol. The molecular weight excluding hydrogens is 344 g/mol. The van der Waals surface area contributed by atoms with Crippen LogP contribution >= 0.6 is 0 Å². The molecule has 4 N–H and O–H groups in total. The number of amides is 1. The van der Waals surface area contributed by atoms with Gasteiger partial charge in [0.05, 0.1) is 6.61 Å². The van der Waals surface area contributed by atoms with Crippen LogP contribution in [-0.2, 0) is 14.3 Å². The Labute approximate surface area is 152 Å². The number of piperidine rings is 1. The molecule has 0 bridgehead atoms. The maximum atomic E-state index is 12.6. The third-order valence-electron chi connectivity index (χ3n) is 4.14. The van der Waals surface area contributed by atoms with Gasteiger partial charge in [-0.05, 0) is 32.1 Å². The molecule has 3 atom stereocenters. The first-order chi connectivity index (χ1) is 12.3. The first kappa shape index (κ1) is 21.6. The van der Waals surface area contributed by atoms with Gasteiger partial charge in [0, 0.05) is 13.1 Å². The average Bonchev–Trinajstić information content (AvgIpc) is 2.57. The van der Waals surface area contributed by atoms with Crippen LogP contribution in [0.4, 0.5) is 0 Å². The summed E-state index contributed by atoms with van der Waals surface area (Å²) in [4.78, 5) is 40.1. The van der Waals surface area contributed by atoms with E-state index in [-0.39, 0.29) is 25.5 Å². The van der Waals surface area contributed by atoms with E-state index in [1.165, 1.54) is 4.90 Å². The molecule has 1 aliphatic rings. The summed E-state index contributed by atoms with van der Waals surface area (Å²) in [5.41, 5.74) is 15.1. The number of nitrogens with zero attached hydrogens (tertiary/aromatic N) is 3. The number of hydrogen-bond acceptors (Lipinski definition) is 6. The Morgan fingerprint density at radius 2 is 2.23 bits per heavy atom. The van der Waals surface area contributed by atoms with Crippen molar-refractivity contribution in [2.24, 2.45) is 16.6 Å². The van der Waals surface area contributed by atoms with Gasteiger partial charge in [-0.3, -0.25) is 4.79 Å². The molecule has 1 heterocycles. The highest BCUT2D eigenvalue weighted by atomic mass is 16.7. The van der Waals surface area contributed by atoms with E-state index in [2.05, 4.69) is 4.99 Å². The molecule has 1 amide bonds. The van der Waals surface area contributed by atoms with Crippen LogP contribution in [0.5, 0.6) is 0 Å². The molecule has 3 unspecified atom stereocenters. The number of hydrazine groups is 1. The summed E-state index contributed by atoms with van der Waals surface area (Å²) in [6, 6.07) is -1.67. The number of carbonyl (C=O) groups is 2. The molecule has 1 fully saturated rings. The van der Waals surface area contributed by atoms with Crippen molar-refractivity contribution >= 4 is 17.8 Å². The molecular formula is C15H27N6O5-. The predicted octanol–water partition coefficient (Wildman–Crippen LogP) is 0.474. The first-order valence-electron chi connectivity index (χ1n) is 8.65. The van der Waals surface area contributed by atoms with Crippen LogP contribution in [0.1, 0.15) is 39.5 Å². The fourth-order valence-electron chi connectivity index (χ4n) is 2.81. The number of ether oxygens (including phenoxy) is 1. The fourth-order valence-corrected chi connectivity index (χ4v) is 2.81. The van der Waals surface area contributed by atoms with Crippen LogP contribution in [0.25, 0.3) is 5.73 Å². The van der Waals surface area contributed by atoms with E-state index in [0.717, 1.165) is 6.42 Å². The third-order valence-corrected chi connectivity index (χ3v) is 4.14. The highest BCUT2D eigenvalue weighted by Crippen LogP contribution is 2.25. The Morgan fingerprint density at radius 3 is 2.85 bits per heavy atom. The van der Waals surface area contributed by atoms with E-state index in [4.69, 9.17) is 16.2 Å². The first-order valence-corrected chi connectivity index (χ1v) is 8.65. The van der Waals surface area contributed by atoms with Gasteiger partial charge in [0.2, 0.25) is 5.91 Å². The molecule has 0 aliphatic carbocycles. The minimum atomic E-state index is -1.03. The molecule has 148 valence electrons. The molecule has 0 aromatic carbocycles. The van der Waals surface area contributed by atoms with Gasteiger partial charge in [-0.25, -0.2) is 19.9 Å². The van der Waals surface area contributed by atoms with Crippen molar-refractivity contribution < 1.29 is 19.4 Å². The molecule has 0 radical (unpaired) electrons. The zero-order valence-electron chi connectivity index (χ0n) is 15.1. The summed E-state index contributed by atoms with van der Waals surface area (Å²) >= 11 is 0. The maximum absolute atomic E-state index is 12.6. The Bertz CT molecular complexity index is 541. The number of nitro groups is 1. The fraction of sp³-hybridized carbons (Fsp3) is 0.800. The lowest BCUT2D eigenvalue weighted by Gasteiger charge is -2.39. The van der Waals surface area contributed by atoms with Crippen molar-refractivity contribution in [2.75, 3.05) is 19.7 Å². The van der Waals surface area contributed by atoms with E-state index in [9.17, 15) is 19.7 Å². The molecule has 0 aromatic rings. The number of rotatable bonds is 8. The van der Waals surface area contributed by atoms with Gasteiger partial charge in [0.15, 0.2) is 5.03 Å². The van der Waals surface area contributed by atoms with Crippen molar-refractivity contribution in [1.82, 2.24) is 10.3 Å². The molecule has 0 aromatic heterocycles. The number of esters is 1. The largest absolute Gasteiger partial charge is 0.667 e. The molecule has 1 rings (SSSR count). The summed E-state index contributed by atoms with van der Waals surface area (Å²) in [7, 11) is 0. The van der Waals surface area contributed by atoms with Crippen molar-refractivity contribution in [3.05, 3.63) is 15.8 Å². The van der Waals surface area contributed by atoms with E-state index in [1.54, 1.807) is 12.3 Å². The Morgan fingerprint density at radius 1 is 1.54 bits per heavy atom. The van der Waals surface area contributed by atoms with Crippen LogP contribution in [0.2, 0.25) is 0 Å². The molecule has 11 nitrogen and oxygen atoms in total. The monoisotopic (exact) mass is 371 g/mol. The lowest BCUT2D eigenvalue weighted by Crippen LogP contribution is -2.52. The van der Waals surface area contributed by atoms with Gasteiger partial charge < -0.3 is 21.1 Å². The SMILES string of the molecule is CCOC(=O)C1CC(C)CCN1C(=O)C([NH-])CCCN=C(N)N[N+](=O)[O-]. The van der Waals surface area contributed by atoms with Crippen molar-refractivity contribution in [3.63, 3.8) is 0 Å². The zero-order chi connectivity index (χ0) is 19.7. The van der Waals surface area contributed by atoms with Crippen molar-refractivity contribution in [3.8, 4) is 0 Å². The van der Waals surface area contributed by atoms with Crippen LogP contribution in [0.15, 0.2) is 4.99 Å². The standard InChI is InChI=1S/C15H27N6O5/c1-3-26-14(23)12-9-10(2)6-8-20(12)13(22)11(16)5-4-7-18-15(17)19-21(24)25/h10-12,16H,3-9H2,1-2H3,(H3,17,18,19)/q-1. The van der Waals surface area contributed by atoms with E-state index < -0.39 is 29.0 Å². The number of nitrogens with one attached hydrogen (secondary N) is 2. The molecule has 1 aliphatic heterocycles. The third kappa shape index (κ3) is 6.82. The van der Waals surface area contributed by atoms with Gasteiger partial charge in [-0.2, -0.15) is 0 Å². The Hall–Kier alpha value is -2.43. The van der Waals surface area contributed by atoms with Gasteiger partial charge in [-0.1, -0.05) is 24.8 Å². The lowest BCUT2D eigenvalue weighted by atomic mass is 9.91. The van der Waals surface area contributed by atoms with E-state index in [1.807, 2.05) is 6.92 Å². The summed E-state index contributed by atoms with van der Waals surface area (Å²) in [5, 5.41) is 9.37. The molecule has 11 heteroatoms. The Balaban J connectivity index is 2.56. The second kappa shape index (κ2) is 10.5. The number of guanidine groups is 1. The lowest BCUT2D eigenvalue weighted by molar-refractivity contribution is -0.525. The predicted molar refractivity (Wildman–Crippen MR) is 94.5 cm³/mol. The number of nitrogens with two attached hydrogens (primary N) is 1. The molecule has 26 heavy (non-hydrogen) atoms. The smallest absolute Gasteiger partial charge is 0.328 e. The minimum absolute atomic E-state index is 0.160.